The van der Waals surface area contributed by atoms with Gasteiger partial charge in [-0.25, -0.2) is 0 Å². The van der Waals surface area contributed by atoms with E-state index >= 15 is 0 Å². The Hall–Kier alpha value is -0.800. The Bertz CT molecular complexity index is 317. The van der Waals surface area contributed by atoms with Crippen molar-refractivity contribution in [2.45, 2.75) is 5.75 Å². The third kappa shape index (κ3) is 3.52. The lowest BCUT2D eigenvalue weighted by molar-refractivity contribution is 1.40. The number of thiocarbonyl (C=S) groups is 1. The summed E-state index contributed by atoms with van der Waals surface area (Å²) < 4.78 is 0. The van der Waals surface area contributed by atoms with Gasteiger partial charge in [-0.05, 0) is 5.56 Å². The number of hydrogen-bond donors (Lipinski definition) is 1. The molecule has 0 radical (unpaired) electrons. The van der Waals surface area contributed by atoms with E-state index in [9.17, 15) is 0 Å². The summed E-state index contributed by atoms with van der Waals surface area (Å²) in [5.41, 5.74) is 7.72. The van der Waals surface area contributed by atoms with Crippen LogP contribution >= 0.6 is 24.0 Å². The van der Waals surface area contributed by atoms with Crippen molar-refractivity contribution < 1.29 is 0 Å². The zero-order valence-electron chi connectivity index (χ0n) is 7.90. The van der Waals surface area contributed by atoms with Crippen LogP contribution in [0.2, 0.25) is 0 Å². The molecule has 1 aromatic carbocycles. The monoisotopic (exact) mass is 223 g/mol. The molecule has 0 saturated heterocycles. The van der Waals surface area contributed by atoms with Crippen LogP contribution in [0.5, 0.6) is 0 Å². The van der Waals surface area contributed by atoms with Crippen molar-refractivity contribution in [1.29, 1.82) is 0 Å². The molecule has 2 N–H and O–H groups in total. The van der Waals surface area contributed by atoms with Crippen molar-refractivity contribution in [3.63, 3.8) is 0 Å². The lowest BCUT2D eigenvalue weighted by Crippen LogP contribution is -2.08. The fraction of sp³-hybridized carbons (Fsp3) is 0.182. The molecule has 0 aliphatic heterocycles. The van der Waals surface area contributed by atoms with Crippen LogP contribution in [0.4, 0.5) is 0 Å². The lowest BCUT2D eigenvalue weighted by Gasteiger charge is -2.01. The van der Waals surface area contributed by atoms with E-state index in [1.165, 1.54) is 5.56 Å². The van der Waals surface area contributed by atoms with Gasteiger partial charge in [-0.3, -0.25) is 0 Å². The summed E-state index contributed by atoms with van der Waals surface area (Å²) in [5, 5.41) is 0. The van der Waals surface area contributed by atoms with Gasteiger partial charge in [-0.15, -0.1) is 6.58 Å². The molecule has 0 unspecified atom stereocenters. The zero-order valence-corrected chi connectivity index (χ0v) is 9.53. The van der Waals surface area contributed by atoms with Gasteiger partial charge in [0, 0.05) is 17.1 Å². The molecule has 0 fully saturated rings. The summed E-state index contributed by atoms with van der Waals surface area (Å²) in [6.45, 7) is 3.67. The Balaban J connectivity index is 2.55. The molecular weight excluding hydrogens is 210 g/mol. The second-order valence-corrected chi connectivity index (χ2v) is 4.34. The van der Waals surface area contributed by atoms with Crippen LogP contribution < -0.4 is 5.73 Å². The van der Waals surface area contributed by atoms with Crippen LogP contribution in [0.15, 0.2) is 36.9 Å². The van der Waals surface area contributed by atoms with Crippen molar-refractivity contribution in [2.24, 2.45) is 5.73 Å². The molecule has 1 nitrogen and oxygen atoms in total. The molecule has 0 aliphatic rings. The standard InChI is InChI=1S/C11H13NS2/c1-2-7-14-8-9-3-5-10(6-4-9)11(12)13/h2-6H,1,7-8H2,(H2,12,13). The minimum absolute atomic E-state index is 0.454. The predicted molar refractivity (Wildman–Crippen MR) is 68.7 cm³/mol. The van der Waals surface area contributed by atoms with E-state index in [-0.39, 0.29) is 0 Å². The smallest absolute Gasteiger partial charge is 0.103 e. The molecule has 1 aromatic rings. The summed E-state index contributed by atoms with van der Waals surface area (Å²) in [7, 11) is 0. The van der Waals surface area contributed by atoms with Crippen LogP contribution in [0.25, 0.3) is 0 Å². The summed E-state index contributed by atoms with van der Waals surface area (Å²) in [6.07, 6.45) is 1.91. The average molecular weight is 223 g/mol. The third-order valence-corrected chi connectivity index (χ3v) is 2.99. The van der Waals surface area contributed by atoms with Crippen LogP contribution in [0.1, 0.15) is 11.1 Å². The van der Waals surface area contributed by atoms with Crippen molar-refractivity contribution in [1.82, 2.24) is 0 Å². The normalized spacial score (nSPS) is 9.71. The molecule has 0 aliphatic carbocycles. The molecule has 0 bridgehead atoms. The largest absolute Gasteiger partial charge is 0.389 e. The first-order chi connectivity index (χ1) is 6.74. The summed E-state index contributed by atoms with van der Waals surface area (Å²) in [6, 6.07) is 8.05. The minimum atomic E-state index is 0.454. The molecule has 0 spiro atoms. The first-order valence-corrected chi connectivity index (χ1v) is 5.87. The highest BCUT2D eigenvalue weighted by Crippen LogP contribution is 2.12. The van der Waals surface area contributed by atoms with Crippen LogP contribution in [-0.2, 0) is 5.75 Å². The van der Waals surface area contributed by atoms with Gasteiger partial charge < -0.3 is 5.73 Å². The molecule has 3 heteroatoms. The Morgan fingerprint density at radius 1 is 1.43 bits per heavy atom. The third-order valence-electron chi connectivity index (χ3n) is 1.74. The van der Waals surface area contributed by atoms with E-state index in [4.69, 9.17) is 18.0 Å². The van der Waals surface area contributed by atoms with Crippen molar-refractivity contribution >= 4 is 29.0 Å². The number of nitrogens with two attached hydrogens (primary N) is 1. The quantitative estimate of drug-likeness (QED) is 0.472. The highest BCUT2D eigenvalue weighted by Gasteiger charge is 1.96. The molecule has 14 heavy (non-hydrogen) atoms. The maximum Gasteiger partial charge on any atom is 0.103 e. The Labute approximate surface area is 94.4 Å². The molecule has 0 aromatic heterocycles. The summed E-state index contributed by atoms with van der Waals surface area (Å²) in [4.78, 5) is 0.454. The maximum absolute atomic E-state index is 5.50. The maximum atomic E-state index is 5.50. The molecule has 0 saturated carbocycles. The van der Waals surface area contributed by atoms with E-state index in [2.05, 4.69) is 18.7 Å². The Kier molecular flexibility index (Phi) is 4.70. The van der Waals surface area contributed by atoms with Gasteiger partial charge >= 0.3 is 0 Å². The second-order valence-electron chi connectivity index (χ2n) is 2.86. The summed E-state index contributed by atoms with van der Waals surface area (Å²) >= 11 is 6.71. The first kappa shape index (κ1) is 11.3. The fourth-order valence-corrected chi connectivity index (χ4v) is 1.87. The van der Waals surface area contributed by atoms with Crippen molar-refractivity contribution in [3.05, 3.63) is 48.0 Å². The second kappa shape index (κ2) is 5.83. The van der Waals surface area contributed by atoms with E-state index in [0.717, 1.165) is 17.1 Å². The van der Waals surface area contributed by atoms with Crippen LogP contribution in [-0.4, -0.2) is 10.7 Å². The zero-order chi connectivity index (χ0) is 10.4. The molecule has 0 atom stereocenters. The number of thioether (sulfide) groups is 1. The Morgan fingerprint density at radius 3 is 2.57 bits per heavy atom. The topological polar surface area (TPSA) is 26.0 Å². The van der Waals surface area contributed by atoms with Crippen molar-refractivity contribution in [3.8, 4) is 0 Å². The van der Waals surface area contributed by atoms with Crippen LogP contribution in [0.3, 0.4) is 0 Å². The van der Waals surface area contributed by atoms with Gasteiger partial charge in [-0.1, -0.05) is 42.6 Å². The van der Waals surface area contributed by atoms with Gasteiger partial charge in [-0.2, -0.15) is 11.8 Å². The number of benzene rings is 1. The van der Waals surface area contributed by atoms with Gasteiger partial charge in [0.2, 0.25) is 0 Å². The minimum Gasteiger partial charge on any atom is -0.389 e. The summed E-state index contributed by atoms with van der Waals surface area (Å²) in [5.74, 6) is 1.99. The molecule has 1 rings (SSSR count). The fourth-order valence-electron chi connectivity index (χ4n) is 1.03. The first-order valence-electron chi connectivity index (χ1n) is 4.31. The Morgan fingerprint density at radius 2 is 2.07 bits per heavy atom. The molecule has 0 amide bonds. The highest BCUT2D eigenvalue weighted by atomic mass is 32.2. The predicted octanol–water partition coefficient (Wildman–Crippen LogP) is 2.74. The van der Waals surface area contributed by atoms with E-state index in [0.29, 0.717) is 4.99 Å². The van der Waals surface area contributed by atoms with E-state index in [1.807, 2.05) is 30.0 Å². The number of hydrogen-bond acceptors (Lipinski definition) is 2. The van der Waals surface area contributed by atoms with Crippen molar-refractivity contribution in [2.75, 3.05) is 5.75 Å². The van der Waals surface area contributed by atoms with Gasteiger partial charge in [0.1, 0.15) is 4.99 Å². The van der Waals surface area contributed by atoms with Gasteiger partial charge in [0.25, 0.3) is 0 Å². The molecule has 0 heterocycles. The molecular formula is C11H13NS2. The van der Waals surface area contributed by atoms with Gasteiger partial charge in [0.15, 0.2) is 0 Å². The molecule has 74 valence electrons. The van der Waals surface area contributed by atoms with E-state index < -0.39 is 0 Å². The highest BCUT2D eigenvalue weighted by molar-refractivity contribution is 7.98. The SMILES string of the molecule is C=CCSCc1ccc(C(N)=S)cc1. The number of rotatable bonds is 5. The van der Waals surface area contributed by atoms with E-state index in [1.54, 1.807) is 0 Å². The average Bonchev–Trinajstić information content (AvgIpc) is 2.19. The van der Waals surface area contributed by atoms with Crippen LogP contribution in [0, 0.1) is 0 Å². The lowest BCUT2D eigenvalue weighted by atomic mass is 10.1. The van der Waals surface area contributed by atoms with Gasteiger partial charge in [0.05, 0.1) is 0 Å².